The molecule has 1 atom stereocenters. The van der Waals surface area contributed by atoms with Crippen molar-refractivity contribution in [2.75, 3.05) is 19.4 Å². The molecule has 8 nitrogen and oxygen atoms in total. The third-order valence-corrected chi connectivity index (χ3v) is 8.04. The van der Waals surface area contributed by atoms with Crippen LogP contribution in [0.1, 0.15) is 50.5 Å². The minimum absolute atomic E-state index is 0.0615. The van der Waals surface area contributed by atoms with Crippen LogP contribution in [0.2, 0.25) is 0 Å². The molecule has 0 bridgehead atoms. The number of carbonyl (C=O) groups is 3. The lowest BCUT2D eigenvalue weighted by molar-refractivity contribution is -0.138. The number of benzene rings is 3. The summed E-state index contributed by atoms with van der Waals surface area (Å²) in [6.07, 6.45) is -0.610. The number of nitrogens with zero attached hydrogens (tertiary/aromatic N) is 1. The molecule has 0 radical (unpaired) electrons. The fraction of sp³-hybridized carbons (Fsp3) is 0.344. The third-order valence-electron chi connectivity index (χ3n) is 6.08. The Bertz CT molecular complexity index is 1340. The maximum atomic E-state index is 14.1. The van der Waals surface area contributed by atoms with Crippen molar-refractivity contribution in [3.8, 4) is 11.1 Å². The van der Waals surface area contributed by atoms with Crippen LogP contribution in [0.25, 0.3) is 11.1 Å². The highest BCUT2D eigenvalue weighted by Crippen LogP contribution is 2.48. The predicted molar refractivity (Wildman–Crippen MR) is 161 cm³/mol. The van der Waals surface area contributed by atoms with Crippen molar-refractivity contribution in [2.24, 2.45) is 0 Å². The maximum absolute atomic E-state index is 14.1. The van der Waals surface area contributed by atoms with Gasteiger partial charge in [-0.05, 0) is 51.3 Å². The number of hydrogen-bond acceptors (Lipinski definition) is 6. The van der Waals surface area contributed by atoms with E-state index in [1.807, 2.05) is 48.5 Å². The maximum Gasteiger partial charge on any atom is 0.340 e. The summed E-state index contributed by atoms with van der Waals surface area (Å²) in [5.41, 5.74) is 2.17. The Balaban J connectivity index is 2.06. The van der Waals surface area contributed by atoms with Crippen LogP contribution >= 0.6 is 7.60 Å². The number of amides is 2. The summed E-state index contributed by atoms with van der Waals surface area (Å²) in [7, 11) is -3.82. The lowest BCUT2D eigenvalue weighted by Crippen LogP contribution is -2.57. The molecule has 0 saturated heterocycles. The molecule has 3 aromatic carbocycles. The molecule has 0 saturated carbocycles. The van der Waals surface area contributed by atoms with Gasteiger partial charge in [-0.15, -0.1) is 0 Å². The van der Waals surface area contributed by atoms with Gasteiger partial charge < -0.3 is 19.3 Å². The largest absolute Gasteiger partial charge is 0.349 e. The standard InChI is InChI=1S/C32H39N2O6P/c1-6-39-41(38,40-7-2)23-28(35)34(22-24-14-10-8-11-15-24)29(31(37)33-32(3,4)5)30(36)27-20-18-26(19-21-27)25-16-12-9-13-17-25/h8-21,29H,6-7,22-23H2,1-5H3,(H,33,37). The first-order valence-electron chi connectivity index (χ1n) is 13.7. The van der Waals surface area contributed by atoms with E-state index in [9.17, 15) is 18.9 Å². The van der Waals surface area contributed by atoms with Crippen molar-refractivity contribution >= 4 is 25.2 Å². The Labute approximate surface area is 242 Å². The molecular formula is C32H39N2O6P. The van der Waals surface area contributed by atoms with Crippen LogP contribution < -0.4 is 5.32 Å². The second kappa shape index (κ2) is 14.4. The summed E-state index contributed by atoms with van der Waals surface area (Å²) in [5, 5.41) is 2.86. The van der Waals surface area contributed by atoms with Crippen LogP contribution in [0, 0.1) is 0 Å². The van der Waals surface area contributed by atoms with E-state index in [0.29, 0.717) is 5.56 Å². The molecule has 0 fully saturated rings. The fourth-order valence-corrected chi connectivity index (χ4v) is 5.89. The topological polar surface area (TPSA) is 102 Å². The van der Waals surface area contributed by atoms with Gasteiger partial charge >= 0.3 is 7.60 Å². The molecule has 2 amide bonds. The van der Waals surface area contributed by atoms with Gasteiger partial charge in [-0.3, -0.25) is 18.9 Å². The van der Waals surface area contributed by atoms with Crippen molar-refractivity contribution in [1.29, 1.82) is 0 Å². The molecule has 9 heteroatoms. The van der Waals surface area contributed by atoms with E-state index in [1.165, 1.54) is 4.90 Å². The van der Waals surface area contributed by atoms with E-state index in [0.717, 1.165) is 11.1 Å². The third kappa shape index (κ3) is 9.22. The second-order valence-electron chi connectivity index (χ2n) is 10.6. The highest BCUT2D eigenvalue weighted by Gasteiger charge is 2.40. The lowest BCUT2D eigenvalue weighted by atomic mass is 9.97. The average molecular weight is 579 g/mol. The van der Waals surface area contributed by atoms with Crippen molar-refractivity contribution in [3.63, 3.8) is 0 Å². The molecular weight excluding hydrogens is 539 g/mol. The van der Waals surface area contributed by atoms with Gasteiger partial charge in [0.2, 0.25) is 5.91 Å². The second-order valence-corrected chi connectivity index (χ2v) is 12.6. The van der Waals surface area contributed by atoms with Crippen LogP contribution in [-0.4, -0.2) is 53.5 Å². The Kier molecular flexibility index (Phi) is 11.2. The summed E-state index contributed by atoms with van der Waals surface area (Å²) < 4.78 is 24.1. The van der Waals surface area contributed by atoms with Gasteiger partial charge in [0.1, 0.15) is 6.16 Å². The van der Waals surface area contributed by atoms with Gasteiger partial charge in [0.05, 0.1) is 13.2 Å². The highest BCUT2D eigenvalue weighted by molar-refractivity contribution is 7.54. The van der Waals surface area contributed by atoms with E-state index < -0.39 is 42.9 Å². The first-order chi connectivity index (χ1) is 19.5. The molecule has 218 valence electrons. The van der Waals surface area contributed by atoms with Crippen LogP contribution in [0.4, 0.5) is 0 Å². The van der Waals surface area contributed by atoms with Crippen molar-refractivity contribution < 1.29 is 28.0 Å². The van der Waals surface area contributed by atoms with E-state index in [1.54, 1.807) is 71.0 Å². The molecule has 0 aliphatic carbocycles. The van der Waals surface area contributed by atoms with Gasteiger partial charge in [-0.1, -0.05) is 84.9 Å². The predicted octanol–water partition coefficient (Wildman–Crippen LogP) is 6.11. The van der Waals surface area contributed by atoms with Crippen molar-refractivity contribution in [3.05, 3.63) is 96.1 Å². The molecule has 0 aliphatic heterocycles. The Morgan fingerprint density at radius 2 is 1.32 bits per heavy atom. The summed E-state index contributed by atoms with van der Waals surface area (Å²) >= 11 is 0. The first kappa shape index (κ1) is 31.9. The molecule has 41 heavy (non-hydrogen) atoms. The normalized spacial score (nSPS) is 12.4. The number of Topliss-reactive ketones (excluding diaryl/α,β-unsaturated/α-hetero) is 1. The number of rotatable bonds is 13. The minimum Gasteiger partial charge on any atom is -0.349 e. The summed E-state index contributed by atoms with van der Waals surface area (Å²) in [6.45, 7) is 8.77. The molecule has 0 spiro atoms. The smallest absolute Gasteiger partial charge is 0.340 e. The fourth-order valence-electron chi connectivity index (χ4n) is 4.34. The zero-order valence-electron chi connectivity index (χ0n) is 24.3. The SMILES string of the molecule is CCOP(=O)(CC(=O)N(Cc1ccccc1)C(C(=O)NC(C)(C)C)C(=O)c1ccc(-c2ccccc2)cc1)OCC. The first-order valence-corrected chi connectivity index (χ1v) is 15.4. The van der Waals surface area contributed by atoms with Crippen molar-refractivity contribution in [1.82, 2.24) is 10.2 Å². The number of ketones is 1. The van der Waals surface area contributed by atoms with Crippen LogP contribution in [0.15, 0.2) is 84.9 Å². The molecule has 0 aromatic heterocycles. The highest BCUT2D eigenvalue weighted by atomic mass is 31.2. The number of carbonyl (C=O) groups excluding carboxylic acids is 3. The molecule has 0 heterocycles. The zero-order chi connectivity index (χ0) is 30.0. The van der Waals surface area contributed by atoms with Gasteiger partial charge in [0.25, 0.3) is 5.91 Å². The van der Waals surface area contributed by atoms with Crippen LogP contribution in [0.3, 0.4) is 0 Å². The molecule has 3 aromatic rings. The molecule has 3 rings (SSSR count). The van der Waals surface area contributed by atoms with E-state index in [2.05, 4.69) is 5.32 Å². The van der Waals surface area contributed by atoms with Crippen LogP contribution in [-0.2, 0) is 29.7 Å². The monoisotopic (exact) mass is 578 g/mol. The Morgan fingerprint density at radius 3 is 1.83 bits per heavy atom. The van der Waals surface area contributed by atoms with Gasteiger partial charge in [0, 0.05) is 17.6 Å². The molecule has 0 aliphatic rings. The van der Waals surface area contributed by atoms with Gasteiger partial charge in [-0.25, -0.2) is 0 Å². The minimum atomic E-state index is -3.82. The summed E-state index contributed by atoms with van der Waals surface area (Å²) in [6, 6.07) is 24.1. The van der Waals surface area contributed by atoms with Crippen molar-refractivity contribution in [2.45, 2.75) is 52.7 Å². The molecule has 1 unspecified atom stereocenters. The summed E-state index contributed by atoms with van der Waals surface area (Å²) in [5.74, 6) is -1.89. The van der Waals surface area contributed by atoms with E-state index in [-0.39, 0.29) is 25.3 Å². The zero-order valence-corrected chi connectivity index (χ0v) is 25.2. The van der Waals surface area contributed by atoms with E-state index >= 15 is 0 Å². The Morgan fingerprint density at radius 1 is 0.805 bits per heavy atom. The lowest BCUT2D eigenvalue weighted by Gasteiger charge is -2.33. The van der Waals surface area contributed by atoms with Gasteiger partial charge in [-0.2, -0.15) is 0 Å². The van der Waals surface area contributed by atoms with Crippen LogP contribution in [0.5, 0.6) is 0 Å². The Hall–Kier alpha value is -3.58. The average Bonchev–Trinajstić information content (AvgIpc) is 2.93. The number of hydrogen-bond donors (Lipinski definition) is 1. The quantitative estimate of drug-likeness (QED) is 0.149. The summed E-state index contributed by atoms with van der Waals surface area (Å²) in [4.78, 5) is 42.9. The molecule has 1 N–H and O–H groups in total. The van der Waals surface area contributed by atoms with E-state index in [4.69, 9.17) is 9.05 Å². The van der Waals surface area contributed by atoms with Gasteiger partial charge in [0.15, 0.2) is 11.8 Å². The number of nitrogens with one attached hydrogen (secondary N) is 1.